The second kappa shape index (κ2) is 5.74. The van der Waals surface area contributed by atoms with Gasteiger partial charge in [-0.15, -0.1) is 0 Å². The highest BCUT2D eigenvalue weighted by atomic mass is 16.1. The lowest BCUT2D eigenvalue weighted by Crippen LogP contribution is -2.52. The molecule has 0 radical (unpaired) electrons. The highest BCUT2D eigenvalue weighted by Gasteiger charge is 2.35. The molecule has 3 heteroatoms. The average molecular weight is 269 g/mol. The molecule has 0 aliphatic carbocycles. The van der Waals surface area contributed by atoms with Gasteiger partial charge >= 0.3 is 0 Å². The first-order valence-corrected chi connectivity index (χ1v) is 7.00. The van der Waals surface area contributed by atoms with Crippen molar-refractivity contribution in [3.05, 3.63) is 0 Å². The lowest BCUT2D eigenvalue weighted by molar-refractivity contribution is -0.134. The van der Waals surface area contributed by atoms with Crippen molar-refractivity contribution in [2.75, 3.05) is 0 Å². The van der Waals surface area contributed by atoms with Gasteiger partial charge in [-0.2, -0.15) is 0 Å². The zero-order chi connectivity index (χ0) is 15.6. The van der Waals surface area contributed by atoms with Gasteiger partial charge in [-0.1, -0.05) is 41.5 Å². The van der Waals surface area contributed by atoms with Crippen LogP contribution in [0.3, 0.4) is 0 Å². The highest BCUT2D eigenvalue weighted by molar-refractivity contribution is 5.94. The maximum Gasteiger partial charge on any atom is 0.155 e. The Morgan fingerprint density at radius 2 is 1.26 bits per heavy atom. The smallest absolute Gasteiger partial charge is 0.155 e. The number of hydrogen-bond donors (Lipinski definition) is 1. The Morgan fingerprint density at radius 1 is 0.842 bits per heavy atom. The summed E-state index contributed by atoms with van der Waals surface area (Å²) < 4.78 is 0. The Morgan fingerprint density at radius 3 is 1.53 bits per heavy atom. The molecule has 1 atom stereocenters. The molecule has 0 heterocycles. The van der Waals surface area contributed by atoms with Gasteiger partial charge in [0.25, 0.3) is 0 Å². The van der Waals surface area contributed by atoms with Crippen molar-refractivity contribution in [3.8, 4) is 0 Å². The van der Waals surface area contributed by atoms with Gasteiger partial charge in [0.1, 0.15) is 5.78 Å². The summed E-state index contributed by atoms with van der Waals surface area (Å²) in [6, 6.07) is -0.410. The third kappa shape index (κ3) is 6.86. The third-order valence-electron chi connectivity index (χ3n) is 2.89. The first-order valence-electron chi connectivity index (χ1n) is 7.00. The summed E-state index contributed by atoms with van der Waals surface area (Å²) in [6.45, 7) is 17.4. The van der Waals surface area contributed by atoms with Crippen LogP contribution in [0.5, 0.6) is 0 Å². The monoisotopic (exact) mass is 269 g/mol. The number of ketones is 2. The number of carbonyl (C=O) groups excluding carboxylic acids is 2. The minimum Gasteiger partial charge on any atom is -0.302 e. The van der Waals surface area contributed by atoms with E-state index in [1.165, 1.54) is 0 Å². The number of hydrogen-bond acceptors (Lipinski definition) is 3. The molecular formula is C16H31NO2. The molecule has 0 saturated carbocycles. The van der Waals surface area contributed by atoms with Gasteiger partial charge in [0.15, 0.2) is 5.78 Å². The third-order valence-corrected chi connectivity index (χ3v) is 2.89. The van der Waals surface area contributed by atoms with Crippen molar-refractivity contribution >= 4 is 11.6 Å². The van der Waals surface area contributed by atoms with Crippen molar-refractivity contribution in [2.45, 2.75) is 80.3 Å². The maximum absolute atomic E-state index is 12.5. The molecule has 0 spiro atoms. The molecule has 0 unspecified atom stereocenters. The summed E-state index contributed by atoms with van der Waals surface area (Å²) in [5.74, 6) is 0.215. The Labute approximate surface area is 118 Å². The Hall–Kier alpha value is -0.700. The van der Waals surface area contributed by atoms with Crippen molar-refractivity contribution in [3.63, 3.8) is 0 Å². The van der Waals surface area contributed by atoms with Crippen LogP contribution in [0.1, 0.15) is 68.7 Å². The van der Waals surface area contributed by atoms with E-state index in [0.29, 0.717) is 0 Å². The van der Waals surface area contributed by atoms with Crippen molar-refractivity contribution in [2.24, 2.45) is 10.8 Å². The fraction of sp³-hybridized carbons (Fsp3) is 0.875. The largest absolute Gasteiger partial charge is 0.302 e. The lowest BCUT2D eigenvalue weighted by atomic mass is 9.80. The molecule has 0 aromatic heterocycles. The molecule has 0 saturated heterocycles. The van der Waals surface area contributed by atoms with Crippen LogP contribution < -0.4 is 5.32 Å². The van der Waals surface area contributed by atoms with Crippen molar-refractivity contribution < 1.29 is 9.59 Å². The molecule has 0 bridgehead atoms. The molecule has 0 aromatic carbocycles. The second-order valence-electron chi connectivity index (χ2n) is 8.44. The van der Waals surface area contributed by atoms with Crippen LogP contribution in [0.25, 0.3) is 0 Å². The summed E-state index contributed by atoms with van der Waals surface area (Å²) in [5, 5.41) is 3.30. The van der Waals surface area contributed by atoms with Gasteiger partial charge < -0.3 is 5.32 Å². The van der Waals surface area contributed by atoms with E-state index in [-0.39, 0.29) is 23.5 Å². The molecule has 19 heavy (non-hydrogen) atoms. The Balaban J connectivity index is 5.10. The molecule has 0 aliphatic heterocycles. The van der Waals surface area contributed by atoms with Gasteiger partial charge in [-0.25, -0.2) is 0 Å². The van der Waals surface area contributed by atoms with Gasteiger partial charge in [-0.05, 0) is 20.8 Å². The SMILES string of the molecule is CC(C)(C)N[C@@H](CC(=O)C(C)(C)C)C(=O)C(C)(C)C. The first-order chi connectivity index (χ1) is 8.14. The van der Waals surface area contributed by atoms with Gasteiger partial charge in [-0.3, -0.25) is 9.59 Å². The molecule has 0 aliphatic rings. The molecular weight excluding hydrogens is 238 g/mol. The van der Waals surface area contributed by atoms with Crippen LogP contribution in [0.2, 0.25) is 0 Å². The normalized spacial score (nSPS) is 15.2. The average Bonchev–Trinajstić information content (AvgIpc) is 2.10. The van der Waals surface area contributed by atoms with E-state index in [0.717, 1.165) is 0 Å². The van der Waals surface area contributed by atoms with E-state index in [1.807, 2.05) is 62.3 Å². The van der Waals surface area contributed by atoms with E-state index in [4.69, 9.17) is 0 Å². The molecule has 0 fully saturated rings. The summed E-state index contributed by atoms with van der Waals surface area (Å²) >= 11 is 0. The van der Waals surface area contributed by atoms with Crippen LogP contribution in [-0.4, -0.2) is 23.1 Å². The topological polar surface area (TPSA) is 46.2 Å². The fourth-order valence-corrected chi connectivity index (χ4v) is 1.75. The minimum absolute atomic E-state index is 0.0972. The van der Waals surface area contributed by atoms with Crippen molar-refractivity contribution in [1.82, 2.24) is 5.32 Å². The molecule has 0 rings (SSSR count). The number of Topliss-reactive ketones (excluding diaryl/α,β-unsaturated/α-hetero) is 2. The lowest BCUT2D eigenvalue weighted by Gasteiger charge is -2.32. The van der Waals surface area contributed by atoms with Crippen LogP contribution >= 0.6 is 0 Å². The second-order valence-corrected chi connectivity index (χ2v) is 8.44. The zero-order valence-corrected chi connectivity index (χ0v) is 14.1. The van der Waals surface area contributed by atoms with E-state index in [9.17, 15) is 9.59 Å². The van der Waals surface area contributed by atoms with Crippen LogP contribution in [-0.2, 0) is 9.59 Å². The molecule has 0 aromatic rings. The minimum atomic E-state index is -0.443. The molecule has 1 N–H and O–H groups in total. The van der Waals surface area contributed by atoms with Gasteiger partial charge in [0.05, 0.1) is 6.04 Å². The number of rotatable bonds is 4. The van der Waals surface area contributed by atoms with Crippen molar-refractivity contribution in [1.29, 1.82) is 0 Å². The van der Waals surface area contributed by atoms with Crippen LogP contribution in [0.15, 0.2) is 0 Å². The maximum atomic E-state index is 12.5. The van der Waals surface area contributed by atoms with Gasteiger partial charge in [0, 0.05) is 22.8 Å². The van der Waals surface area contributed by atoms with E-state index < -0.39 is 16.9 Å². The quantitative estimate of drug-likeness (QED) is 0.851. The van der Waals surface area contributed by atoms with Crippen LogP contribution in [0.4, 0.5) is 0 Å². The highest BCUT2D eigenvalue weighted by Crippen LogP contribution is 2.24. The molecule has 112 valence electrons. The standard InChI is InChI=1S/C16H31NO2/c1-14(2,3)12(18)10-11(17-16(7,8)9)13(19)15(4,5)6/h11,17H,10H2,1-9H3/t11-/m0/s1. The van der Waals surface area contributed by atoms with E-state index in [2.05, 4.69) is 5.32 Å². The Bertz CT molecular complexity index is 337. The van der Waals surface area contributed by atoms with E-state index >= 15 is 0 Å². The summed E-state index contributed by atoms with van der Waals surface area (Å²) in [7, 11) is 0. The molecule has 3 nitrogen and oxygen atoms in total. The zero-order valence-electron chi connectivity index (χ0n) is 14.1. The fourth-order valence-electron chi connectivity index (χ4n) is 1.75. The van der Waals surface area contributed by atoms with Gasteiger partial charge in [0.2, 0.25) is 0 Å². The van der Waals surface area contributed by atoms with E-state index in [1.54, 1.807) is 0 Å². The molecule has 0 amide bonds. The number of nitrogens with one attached hydrogen (secondary N) is 1. The summed E-state index contributed by atoms with van der Waals surface area (Å²) in [6.07, 6.45) is 0.261. The summed E-state index contributed by atoms with van der Waals surface area (Å²) in [4.78, 5) is 24.7. The Kier molecular flexibility index (Phi) is 5.53. The van der Waals surface area contributed by atoms with Crippen LogP contribution in [0, 0.1) is 10.8 Å². The predicted molar refractivity (Wildman–Crippen MR) is 80.2 cm³/mol. The predicted octanol–water partition coefficient (Wildman–Crippen LogP) is 3.36. The first kappa shape index (κ1) is 18.3. The summed E-state index contributed by atoms with van der Waals surface area (Å²) in [5.41, 5.74) is -1.04. The number of carbonyl (C=O) groups is 2.